The Morgan fingerprint density at radius 3 is 2.62 bits per heavy atom. The number of ether oxygens (including phenoxy) is 2. The Morgan fingerprint density at radius 1 is 1.29 bits per heavy atom. The molecule has 0 spiro atoms. The van der Waals surface area contributed by atoms with Gasteiger partial charge in [0, 0.05) is 30.4 Å². The van der Waals surface area contributed by atoms with E-state index < -0.39 is 6.10 Å². The molecule has 1 unspecified atom stereocenters. The zero-order valence-electron chi connectivity index (χ0n) is 14.1. The van der Waals surface area contributed by atoms with Gasteiger partial charge in [0.1, 0.15) is 18.5 Å². The van der Waals surface area contributed by atoms with Crippen LogP contribution in [0.3, 0.4) is 0 Å². The molecule has 0 aromatic heterocycles. The molecule has 1 atom stereocenters. The minimum atomic E-state index is -0.649. The third-order valence-electron chi connectivity index (χ3n) is 2.88. The molecule has 0 aliphatic heterocycles. The fraction of sp³-hybridized carbons (Fsp3) is 0.562. The molecule has 1 aromatic rings. The van der Waals surface area contributed by atoms with E-state index in [0.717, 1.165) is 28.8 Å². The lowest BCUT2D eigenvalue weighted by Crippen LogP contribution is -2.39. The van der Waals surface area contributed by atoms with Crippen LogP contribution >= 0.6 is 46.6 Å². The van der Waals surface area contributed by atoms with Crippen molar-refractivity contribution < 1.29 is 14.6 Å². The van der Waals surface area contributed by atoms with Crippen molar-refractivity contribution in [3.05, 3.63) is 27.8 Å². The molecule has 0 aliphatic rings. The fourth-order valence-corrected chi connectivity index (χ4v) is 2.10. The maximum absolute atomic E-state index is 9.98. The van der Waals surface area contributed by atoms with Crippen LogP contribution in [0.4, 0.5) is 0 Å². The van der Waals surface area contributed by atoms with E-state index in [2.05, 4.69) is 38.2 Å². The Balaban J connectivity index is 0.00000529. The van der Waals surface area contributed by atoms with E-state index in [9.17, 15) is 5.11 Å². The Labute approximate surface area is 175 Å². The lowest BCUT2D eigenvalue weighted by molar-refractivity contribution is 0.114. The van der Waals surface area contributed by atoms with E-state index in [1.807, 2.05) is 31.2 Å². The highest BCUT2D eigenvalue weighted by atomic mass is 127. The molecule has 0 aliphatic carbocycles. The summed E-state index contributed by atoms with van der Waals surface area (Å²) in [6.45, 7) is 4.75. The molecule has 3 N–H and O–H groups in total. The molecule has 0 saturated carbocycles. The van der Waals surface area contributed by atoms with Crippen LogP contribution in [0.2, 0.25) is 0 Å². The SMILES string of the molecule is CCNC(=NCC(O)COc1ccc(I)cc1)NCCCOC.I. The normalized spacial score (nSPS) is 12.2. The molecule has 6 nitrogen and oxygen atoms in total. The Kier molecular flexibility index (Phi) is 14.8. The van der Waals surface area contributed by atoms with Crippen molar-refractivity contribution in [3.63, 3.8) is 0 Å². The number of nitrogens with zero attached hydrogens (tertiary/aromatic N) is 1. The summed E-state index contributed by atoms with van der Waals surface area (Å²) in [5, 5.41) is 16.3. The summed E-state index contributed by atoms with van der Waals surface area (Å²) in [5.41, 5.74) is 0. The molecule has 0 fully saturated rings. The second kappa shape index (κ2) is 15.0. The van der Waals surface area contributed by atoms with Crippen molar-refractivity contribution in [2.75, 3.05) is 40.0 Å². The van der Waals surface area contributed by atoms with E-state index >= 15 is 0 Å². The van der Waals surface area contributed by atoms with Crippen molar-refractivity contribution in [1.82, 2.24) is 10.6 Å². The van der Waals surface area contributed by atoms with Crippen molar-refractivity contribution >= 4 is 52.5 Å². The predicted molar refractivity (Wildman–Crippen MR) is 117 cm³/mol. The summed E-state index contributed by atoms with van der Waals surface area (Å²) < 4.78 is 11.7. The molecular weight excluding hydrogens is 536 g/mol. The van der Waals surface area contributed by atoms with Crippen LogP contribution in [0.5, 0.6) is 5.75 Å². The quantitative estimate of drug-likeness (QED) is 0.176. The lowest BCUT2D eigenvalue weighted by atomic mass is 10.3. The number of aliphatic hydroxyl groups is 1. The number of aliphatic imine (C=N–C) groups is 1. The molecule has 0 heterocycles. The number of nitrogens with one attached hydrogen (secondary N) is 2. The van der Waals surface area contributed by atoms with Crippen LogP contribution in [0, 0.1) is 3.57 Å². The number of aliphatic hydroxyl groups excluding tert-OH is 1. The standard InChI is InChI=1S/C16H26IN3O3.HI/c1-3-18-16(19-9-4-10-22-2)20-11-14(21)12-23-15-7-5-13(17)6-8-15;/h5-8,14,21H,3-4,9-12H2,1-2H3,(H2,18,19,20);1H. The maximum atomic E-state index is 9.98. The summed E-state index contributed by atoms with van der Waals surface area (Å²) in [6.07, 6.45) is 0.253. The molecule has 8 heteroatoms. The maximum Gasteiger partial charge on any atom is 0.191 e. The van der Waals surface area contributed by atoms with Gasteiger partial charge in [-0.2, -0.15) is 0 Å². The Morgan fingerprint density at radius 2 is 2.00 bits per heavy atom. The van der Waals surface area contributed by atoms with E-state index in [1.54, 1.807) is 7.11 Å². The number of guanidine groups is 1. The monoisotopic (exact) mass is 563 g/mol. The van der Waals surface area contributed by atoms with Crippen molar-refractivity contribution in [1.29, 1.82) is 0 Å². The van der Waals surface area contributed by atoms with Crippen molar-refractivity contribution in [3.8, 4) is 5.75 Å². The number of halogens is 2. The molecule has 0 radical (unpaired) electrons. The van der Waals surface area contributed by atoms with E-state index in [1.165, 1.54) is 0 Å². The Hall–Kier alpha value is -0.330. The highest BCUT2D eigenvalue weighted by molar-refractivity contribution is 14.1. The first kappa shape index (κ1) is 23.7. The third-order valence-corrected chi connectivity index (χ3v) is 3.60. The predicted octanol–water partition coefficient (Wildman–Crippen LogP) is 2.24. The first-order chi connectivity index (χ1) is 11.2. The number of methoxy groups -OCH3 is 1. The molecule has 0 saturated heterocycles. The second-order valence-corrected chi connectivity index (χ2v) is 6.16. The zero-order chi connectivity index (χ0) is 16.9. The molecule has 138 valence electrons. The summed E-state index contributed by atoms with van der Waals surface area (Å²) in [5.74, 6) is 1.44. The van der Waals surface area contributed by atoms with E-state index in [4.69, 9.17) is 9.47 Å². The summed E-state index contributed by atoms with van der Waals surface area (Å²) >= 11 is 2.24. The largest absolute Gasteiger partial charge is 0.491 e. The van der Waals surface area contributed by atoms with Crippen LogP contribution in [-0.4, -0.2) is 57.1 Å². The van der Waals surface area contributed by atoms with Crippen molar-refractivity contribution in [2.45, 2.75) is 19.4 Å². The lowest BCUT2D eigenvalue weighted by Gasteiger charge is -2.13. The van der Waals surface area contributed by atoms with Gasteiger partial charge >= 0.3 is 0 Å². The van der Waals surface area contributed by atoms with Gasteiger partial charge in [-0.15, -0.1) is 24.0 Å². The van der Waals surface area contributed by atoms with Crippen LogP contribution in [-0.2, 0) is 4.74 Å². The second-order valence-electron chi connectivity index (χ2n) is 4.91. The van der Waals surface area contributed by atoms with Gasteiger partial charge in [-0.3, -0.25) is 4.99 Å². The van der Waals surface area contributed by atoms with Gasteiger partial charge in [-0.1, -0.05) is 0 Å². The first-order valence-electron chi connectivity index (χ1n) is 7.73. The van der Waals surface area contributed by atoms with Crippen LogP contribution < -0.4 is 15.4 Å². The molecule has 0 bridgehead atoms. The van der Waals surface area contributed by atoms with E-state index in [-0.39, 0.29) is 37.1 Å². The zero-order valence-corrected chi connectivity index (χ0v) is 18.6. The van der Waals surface area contributed by atoms with Crippen LogP contribution in [0.1, 0.15) is 13.3 Å². The highest BCUT2D eigenvalue weighted by Crippen LogP contribution is 2.13. The summed E-state index contributed by atoms with van der Waals surface area (Å²) in [6, 6.07) is 7.71. The van der Waals surface area contributed by atoms with Gasteiger partial charge in [0.25, 0.3) is 0 Å². The molecule has 1 aromatic carbocycles. The third kappa shape index (κ3) is 11.3. The molecular formula is C16H27I2N3O3. The van der Waals surface area contributed by atoms with Gasteiger partial charge in [-0.25, -0.2) is 0 Å². The molecule has 0 amide bonds. The molecule has 24 heavy (non-hydrogen) atoms. The van der Waals surface area contributed by atoms with Gasteiger partial charge in [0.05, 0.1) is 6.54 Å². The van der Waals surface area contributed by atoms with Gasteiger partial charge < -0.3 is 25.2 Å². The summed E-state index contributed by atoms with van der Waals surface area (Å²) in [4.78, 5) is 4.36. The fourth-order valence-electron chi connectivity index (χ4n) is 1.74. The minimum absolute atomic E-state index is 0. The van der Waals surface area contributed by atoms with Gasteiger partial charge in [0.15, 0.2) is 5.96 Å². The van der Waals surface area contributed by atoms with Crippen LogP contribution in [0.15, 0.2) is 29.3 Å². The highest BCUT2D eigenvalue weighted by Gasteiger charge is 2.06. The average Bonchev–Trinajstić information content (AvgIpc) is 2.56. The summed E-state index contributed by atoms with van der Waals surface area (Å²) in [7, 11) is 1.68. The van der Waals surface area contributed by atoms with Crippen molar-refractivity contribution in [2.24, 2.45) is 4.99 Å². The topological polar surface area (TPSA) is 75.1 Å². The Bertz CT molecular complexity index is 458. The number of hydrogen-bond acceptors (Lipinski definition) is 4. The van der Waals surface area contributed by atoms with E-state index in [0.29, 0.717) is 12.6 Å². The number of benzene rings is 1. The van der Waals surface area contributed by atoms with Gasteiger partial charge in [-0.05, 0) is 60.2 Å². The number of rotatable bonds is 10. The van der Waals surface area contributed by atoms with Gasteiger partial charge in [0.2, 0.25) is 0 Å². The first-order valence-corrected chi connectivity index (χ1v) is 8.81. The molecule has 1 rings (SSSR count). The average molecular weight is 563 g/mol. The number of hydrogen-bond donors (Lipinski definition) is 3. The minimum Gasteiger partial charge on any atom is -0.491 e. The van der Waals surface area contributed by atoms with Crippen LogP contribution in [0.25, 0.3) is 0 Å². The smallest absolute Gasteiger partial charge is 0.191 e.